The van der Waals surface area contributed by atoms with Crippen molar-refractivity contribution in [2.24, 2.45) is 0 Å². The molecule has 0 aliphatic heterocycles. The number of anilines is 1. The normalized spacial score (nSPS) is 10.6. The first-order valence-corrected chi connectivity index (χ1v) is 5.83. The lowest BCUT2D eigenvalue weighted by atomic mass is 10.2. The summed E-state index contributed by atoms with van der Waals surface area (Å²) in [5, 5.41) is 0.817. The van der Waals surface area contributed by atoms with E-state index >= 15 is 0 Å². The molecule has 2 aromatic heterocycles. The molecule has 0 fully saturated rings. The average Bonchev–Trinajstić information content (AvgIpc) is 2.41. The van der Waals surface area contributed by atoms with Gasteiger partial charge < -0.3 is 10.5 Å². The molecule has 2 N–H and O–H groups in total. The number of aromatic nitrogens is 3. The molecule has 0 radical (unpaired) electrons. The summed E-state index contributed by atoms with van der Waals surface area (Å²) in [7, 11) is 0. The Morgan fingerprint density at radius 3 is 2.74 bits per heavy atom. The van der Waals surface area contributed by atoms with Crippen LogP contribution < -0.4 is 10.5 Å². The molecular formula is C14H12N4O. The predicted molar refractivity (Wildman–Crippen MR) is 73.0 cm³/mol. The Kier molecular flexibility index (Phi) is 2.72. The molecule has 19 heavy (non-hydrogen) atoms. The molecule has 0 bridgehead atoms. The highest BCUT2D eigenvalue weighted by Crippen LogP contribution is 2.27. The van der Waals surface area contributed by atoms with Gasteiger partial charge in [0.15, 0.2) is 0 Å². The Bertz CT molecular complexity index is 725. The molecule has 0 amide bonds. The van der Waals surface area contributed by atoms with Gasteiger partial charge in [-0.3, -0.25) is 4.98 Å². The van der Waals surface area contributed by atoms with E-state index in [-0.39, 0.29) is 0 Å². The maximum atomic E-state index is 5.73. The van der Waals surface area contributed by atoms with E-state index in [9.17, 15) is 0 Å². The van der Waals surface area contributed by atoms with Crippen LogP contribution in [0, 0.1) is 6.92 Å². The first-order valence-electron chi connectivity index (χ1n) is 5.83. The molecule has 0 saturated heterocycles. The minimum absolute atomic E-state index is 0.496. The van der Waals surface area contributed by atoms with Crippen molar-refractivity contribution in [2.45, 2.75) is 6.92 Å². The third kappa shape index (κ3) is 2.30. The van der Waals surface area contributed by atoms with Gasteiger partial charge in [0.2, 0.25) is 5.88 Å². The van der Waals surface area contributed by atoms with Gasteiger partial charge in [-0.15, -0.1) is 0 Å². The summed E-state index contributed by atoms with van der Waals surface area (Å²) in [4.78, 5) is 12.5. The third-order valence-electron chi connectivity index (χ3n) is 2.72. The molecule has 5 heteroatoms. The standard InChI is InChI=1S/C14H12N4O/c1-9-2-4-11(7-16-9)19-14-12-5-3-10(15)6-13(12)17-8-18-14/h2-8H,15H2,1H3. The van der Waals surface area contributed by atoms with Crippen LogP contribution in [0.15, 0.2) is 42.9 Å². The van der Waals surface area contributed by atoms with Crippen molar-refractivity contribution in [2.75, 3.05) is 5.73 Å². The van der Waals surface area contributed by atoms with Crippen LogP contribution in [0.25, 0.3) is 10.9 Å². The molecule has 3 aromatic rings. The monoisotopic (exact) mass is 252 g/mol. The molecule has 0 aliphatic carbocycles. The highest BCUT2D eigenvalue weighted by Gasteiger charge is 2.06. The van der Waals surface area contributed by atoms with Gasteiger partial charge in [0.1, 0.15) is 12.1 Å². The molecule has 2 heterocycles. The number of hydrogen-bond donors (Lipinski definition) is 1. The van der Waals surface area contributed by atoms with Gasteiger partial charge in [-0.05, 0) is 37.3 Å². The van der Waals surface area contributed by atoms with Gasteiger partial charge in [0.05, 0.1) is 17.1 Å². The Hall–Kier alpha value is -2.69. The summed E-state index contributed by atoms with van der Waals surface area (Å²) in [6, 6.07) is 9.18. The smallest absolute Gasteiger partial charge is 0.230 e. The average molecular weight is 252 g/mol. The number of aryl methyl sites for hydroxylation is 1. The van der Waals surface area contributed by atoms with Gasteiger partial charge in [0, 0.05) is 11.4 Å². The van der Waals surface area contributed by atoms with Gasteiger partial charge in [0.25, 0.3) is 0 Å². The van der Waals surface area contributed by atoms with Crippen LogP contribution in [0.4, 0.5) is 5.69 Å². The minimum Gasteiger partial charge on any atom is -0.437 e. The zero-order valence-electron chi connectivity index (χ0n) is 10.4. The van der Waals surface area contributed by atoms with Crippen LogP contribution in [0.1, 0.15) is 5.69 Å². The van der Waals surface area contributed by atoms with Crippen molar-refractivity contribution in [3.8, 4) is 11.6 Å². The number of pyridine rings is 1. The highest BCUT2D eigenvalue weighted by atomic mass is 16.5. The van der Waals surface area contributed by atoms with E-state index in [0.29, 0.717) is 17.3 Å². The summed E-state index contributed by atoms with van der Waals surface area (Å²) in [5.74, 6) is 1.14. The number of hydrogen-bond acceptors (Lipinski definition) is 5. The molecule has 0 atom stereocenters. The van der Waals surface area contributed by atoms with Crippen LogP contribution in [0.5, 0.6) is 11.6 Å². The highest BCUT2D eigenvalue weighted by molar-refractivity contribution is 5.85. The summed E-state index contributed by atoms with van der Waals surface area (Å²) in [6.45, 7) is 1.92. The first-order chi connectivity index (χ1) is 9.22. The van der Waals surface area contributed by atoms with E-state index in [2.05, 4.69) is 15.0 Å². The quantitative estimate of drug-likeness (QED) is 0.710. The Morgan fingerprint density at radius 1 is 1.05 bits per heavy atom. The Morgan fingerprint density at radius 2 is 1.95 bits per heavy atom. The second-order valence-electron chi connectivity index (χ2n) is 4.19. The van der Waals surface area contributed by atoms with Gasteiger partial charge in [-0.2, -0.15) is 0 Å². The maximum Gasteiger partial charge on any atom is 0.230 e. The van der Waals surface area contributed by atoms with Gasteiger partial charge >= 0.3 is 0 Å². The molecule has 0 aliphatic rings. The molecule has 0 spiro atoms. The zero-order chi connectivity index (χ0) is 13.2. The van der Waals surface area contributed by atoms with Crippen LogP contribution in [-0.4, -0.2) is 15.0 Å². The summed E-state index contributed by atoms with van der Waals surface area (Å²) >= 11 is 0. The van der Waals surface area contributed by atoms with Crippen molar-refractivity contribution >= 4 is 16.6 Å². The SMILES string of the molecule is Cc1ccc(Oc2ncnc3cc(N)ccc23)cn1. The molecule has 94 valence electrons. The number of ether oxygens (including phenoxy) is 1. The number of nitrogens with zero attached hydrogens (tertiary/aromatic N) is 3. The van der Waals surface area contributed by atoms with Crippen molar-refractivity contribution < 1.29 is 4.74 Å². The topological polar surface area (TPSA) is 73.9 Å². The second-order valence-corrected chi connectivity index (χ2v) is 4.19. The summed E-state index contributed by atoms with van der Waals surface area (Å²) < 4.78 is 5.73. The Labute approximate surface area is 110 Å². The largest absolute Gasteiger partial charge is 0.437 e. The maximum absolute atomic E-state index is 5.73. The molecule has 5 nitrogen and oxygen atoms in total. The Balaban J connectivity index is 2.03. The fourth-order valence-electron chi connectivity index (χ4n) is 1.76. The number of rotatable bonds is 2. The fraction of sp³-hybridized carbons (Fsp3) is 0.0714. The number of nitrogens with two attached hydrogens (primary N) is 1. The molecule has 0 unspecified atom stereocenters. The van der Waals surface area contributed by atoms with Crippen LogP contribution >= 0.6 is 0 Å². The van der Waals surface area contributed by atoms with Crippen LogP contribution in [-0.2, 0) is 0 Å². The number of fused-ring (bicyclic) bond motifs is 1. The predicted octanol–water partition coefficient (Wildman–Crippen LogP) is 2.71. The second kappa shape index (κ2) is 4.53. The molecule has 0 saturated carbocycles. The van der Waals surface area contributed by atoms with Crippen molar-refractivity contribution in [1.29, 1.82) is 0 Å². The van der Waals surface area contributed by atoms with Crippen LogP contribution in [0.2, 0.25) is 0 Å². The molecule has 3 rings (SSSR count). The van der Waals surface area contributed by atoms with Crippen molar-refractivity contribution in [1.82, 2.24) is 15.0 Å². The van der Waals surface area contributed by atoms with Crippen LogP contribution in [0.3, 0.4) is 0 Å². The first kappa shape index (κ1) is 11.4. The van der Waals surface area contributed by atoms with E-state index in [4.69, 9.17) is 10.5 Å². The van der Waals surface area contributed by atoms with E-state index in [1.165, 1.54) is 6.33 Å². The zero-order valence-corrected chi connectivity index (χ0v) is 10.4. The fourth-order valence-corrected chi connectivity index (χ4v) is 1.76. The third-order valence-corrected chi connectivity index (χ3v) is 2.72. The lowest BCUT2D eigenvalue weighted by Crippen LogP contribution is -1.93. The summed E-state index contributed by atoms with van der Waals surface area (Å²) in [6.07, 6.45) is 3.12. The van der Waals surface area contributed by atoms with Gasteiger partial charge in [-0.25, -0.2) is 9.97 Å². The minimum atomic E-state index is 0.496. The van der Waals surface area contributed by atoms with E-state index < -0.39 is 0 Å². The van der Waals surface area contributed by atoms with Gasteiger partial charge in [-0.1, -0.05) is 0 Å². The van der Waals surface area contributed by atoms with E-state index in [1.807, 2.05) is 25.1 Å². The van der Waals surface area contributed by atoms with Crippen molar-refractivity contribution in [3.05, 3.63) is 48.5 Å². The summed E-state index contributed by atoms with van der Waals surface area (Å²) in [5.41, 5.74) is 8.09. The van der Waals surface area contributed by atoms with E-state index in [0.717, 1.165) is 16.6 Å². The van der Waals surface area contributed by atoms with Crippen molar-refractivity contribution in [3.63, 3.8) is 0 Å². The number of nitrogen functional groups attached to an aromatic ring is 1. The lowest BCUT2D eigenvalue weighted by molar-refractivity contribution is 0.465. The van der Waals surface area contributed by atoms with E-state index in [1.54, 1.807) is 18.3 Å². The molecule has 1 aromatic carbocycles. The lowest BCUT2D eigenvalue weighted by Gasteiger charge is -2.07. The molecular weight excluding hydrogens is 240 g/mol. The number of benzene rings is 1.